The highest BCUT2D eigenvalue weighted by Gasteiger charge is 2.27. The van der Waals surface area contributed by atoms with Crippen LogP contribution in [0.15, 0.2) is 6.07 Å². The van der Waals surface area contributed by atoms with E-state index in [1.165, 1.54) is 0 Å². The maximum absolute atomic E-state index is 12.3. The van der Waals surface area contributed by atoms with Gasteiger partial charge < -0.3 is 14.6 Å². The van der Waals surface area contributed by atoms with E-state index in [0.29, 0.717) is 24.3 Å². The van der Waals surface area contributed by atoms with Gasteiger partial charge in [0, 0.05) is 0 Å². The lowest BCUT2D eigenvalue weighted by Gasteiger charge is -2.17. The second-order valence-electron chi connectivity index (χ2n) is 5.34. The van der Waals surface area contributed by atoms with Gasteiger partial charge in [0.05, 0.1) is 18.8 Å². The first kappa shape index (κ1) is 19.0. The van der Waals surface area contributed by atoms with E-state index in [1.54, 1.807) is 19.9 Å². The third-order valence-corrected chi connectivity index (χ3v) is 3.74. The summed E-state index contributed by atoms with van der Waals surface area (Å²) in [6.45, 7) is 8.07. The molecule has 0 aliphatic rings. The molecule has 0 fully saturated rings. The van der Waals surface area contributed by atoms with Crippen molar-refractivity contribution in [1.82, 2.24) is 0 Å². The molecule has 0 saturated heterocycles. The molecule has 0 aliphatic heterocycles. The number of unbranched alkanes of at least 4 members (excludes halogenated alkanes) is 2. The highest BCUT2D eigenvalue weighted by atomic mass is 16.5. The van der Waals surface area contributed by atoms with Crippen molar-refractivity contribution in [2.24, 2.45) is 0 Å². The van der Waals surface area contributed by atoms with Crippen molar-refractivity contribution < 1.29 is 24.2 Å². The second kappa shape index (κ2) is 9.18. The number of aromatic carboxylic acids is 1. The average Bonchev–Trinajstić information content (AvgIpc) is 2.51. The molecule has 1 aromatic rings. The van der Waals surface area contributed by atoms with Crippen LogP contribution in [0.25, 0.3) is 0 Å². The van der Waals surface area contributed by atoms with Crippen LogP contribution in [0.2, 0.25) is 0 Å². The first-order valence-corrected chi connectivity index (χ1v) is 8.17. The molecule has 1 aromatic carbocycles. The zero-order valence-electron chi connectivity index (χ0n) is 14.4. The van der Waals surface area contributed by atoms with Crippen molar-refractivity contribution in [2.75, 3.05) is 13.2 Å². The number of hydrogen-bond acceptors (Lipinski definition) is 4. The molecular weight excluding hydrogens is 296 g/mol. The number of carboxylic acids is 1. The van der Waals surface area contributed by atoms with Crippen LogP contribution in [0.4, 0.5) is 0 Å². The van der Waals surface area contributed by atoms with Gasteiger partial charge in [0.2, 0.25) is 0 Å². The third-order valence-electron chi connectivity index (χ3n) is 3.74. The Hall–Kier alpha value is -2.04. The molecule has 5 heteroatoms. The monoisotopic (exact) mass is 322 g/mol. The topological polar surface area (TPSA) is 72.8 Å². The van der Waals surface area contributed by atoms with Gasteiger partial charge in [-0.2, -0.15) is 0 Å². The maximum atomic E-state index is 12.3. The first-order chi connectivity index (χ1) is 11.0. The number of carboxylic acid groups (broad SMARTS) is 1. The summed E-state index contributed by atoms with van der Waals surface area (Å²) in [5.41, 5.74) is 1.45. The lowest BCUT2D eigenvalue weighted by molar-refractivity contribution is 0.0509. The molecule has 0 atom stereocenters. The summed E-state index contributed by atoms with van der Waals surface area (Å²) in [6, 6.07) is 1.76. The van der Waals surface area contributed by atoms with Crippen LogP contribution in [-0.2, 0) is 11.2 Å². The van der Waals surface area contributed by atoms with Crippen LogP contribution in [0.3, 0.4) is 0 Å². The number of ether oxygens (including phenoxy) is 2. The average molecular weight is 322 g/mol. The summed E-state index contributed by atoms with van der Waals surface area (Å²) in [5.74, 6) is -1.49. The van der Waals surface area contributed by atoms with E-state index in [-0.39, 0.29) is 17.7 Å². The van der Waals surface area contributed by atoms with Gasteiger partial charge in [-0.3, -0.25) is 0 Å². The van der Waals surface area contributed by atoms with Crippen LogP contribution < -0.4 is 4.74 Å². The number of benzene rings is 1. The van der Waals surface area contributed by atoms with Crippen LogP contribution in [0.1, 0.15) is 71.9 Å². The fraction of sp³-hybridized carbons (Fsp3) is 0.556. The standard InChI is InChI=1S/C18H26O5/c1-5-8-9-10-23-14-11-13(6-2)12(4)15(17(19)20)16(14)18(21)22-7-3/h11H,5-10H2,1-4H3,(H,19,20). The van der Waals surface area contributed by atoms with Gasteiger partial charge in [0.1, 0.15) is 11.3 Å². The van der Waals surface area contributed by atoms with E-state index in [9.17, 15) is 14.7 Å². The molecule has 1 rings (SSSR count). The van der Waals surface area contributed by atoms with Crippen LogP contribution in [-0.4, -0.2) is 30.3 Å². The van der Waals surface area contributed by atoms with E-state index < -0.39 is 11.9 Å². The summed E-state index contributed by atoms with van der Waals surface area (Å²) in [7, 11) is 0. The van der Waals surface area contributed by atoms with Gasteiger partial charge in [-0.15, -0.1) is 0 Å². The Morgan fingerprint density at radius 1 is 1.13 bits per heavy atom. The van der Waals surface area contributed by atoms with Crippen molar-refractivity contribution in [3.63, 3.8) is 0 Å². The number of esters is 1. The Kier molecular flexibility index (Phi) is 7.59. The summed E-state index contributed by atoms with van der Waals surface area (Å²) in [6.07, 6.45) is 3.60. The number of aryl methyl sites for hydroxylation is 1. The number of carbonyl (C=O) groups is 2. The van der Waals surface area contributed by atoms with E-state index in [2.05, 4.69) is 6.92 Å². The fourth-order valence-electron chi connectivity index (χ4n) is 2.50. The minimum absolute atomic E-state index is 0.0190. The molecule has 0 heterocycles. The highest BCUT2D eigenvalue weighted by Crippen LogP contribution is 2.30. The molecule has 0 amide bonds. The van der Waals surface area contributed by atoms with Gasteiger partial charge in [-0.05, 0) is 43.9 Å². The molecule has 5 nitrogen and oxygen atoms in total. The van der Waals surface area contributed by atoms with Crippen molar-refractivity contribution in [1.29, 1.82) is 0 Å². The predicted molar refractivity (Wildman–Crippen MR) is 88.5 cm³/mol. The minimum Gasteiger partial charge on any atom is -0.493 e. The van der Waals surface area contributed by atoms with Gasteiger partial charge in [0.25, 0.3) is 0 Å². The van der Waals surface area contributed by atoms with E-state index >= 15 is 0 Å². The highest BCUT2D eigenvalue weighted by molar-refractivity contribution is 6.05. The number of hydrogen-bond donors (Lipinski definition) is 1. The first-order valence-electron chi connectivity index (χ1n) is 8.17. The van der Waals surface area contributed by atoms with Crippen LogP contribution >= 0.6 is 0 Å². The Balaban J connectivity index is 3.35. The van der Waals surface area contributed by atoms with Crippen molar-refractivity contribution in [2.45, 2.75) is 53.4 Å². The van der Waals surface area contributed by atoms with Gasteiger partial charge in [0.15, 0.2) is 0 Å². The Labute approximate surface area is 137 Å². The normalized spacial score (nSPS) is 10.4. The summed E-state index contributed by atoms with van der Waals surface area (Å²) in [4.78, 5) is 24.0. The molecular formula is C18H26O5. The molecule has 0 bridgehead atoms. The van der Waals surface area contributed by atoms with Gasteiger partial charge in [-0.25, -0.2) is 9.59 Å². The van der Waals surface area contributed by atoms with Crippen molar-refractivity contribution in [3.8, 4) is 5.75 Å². The zero-order valence-corrected chi connectivity index (χ0v) is 14.4. The molecule has 0 unspecified atom stereocenters. The van der Waals surface area contributed by atoms with Crippen LogP contribution in [0.5, 0.6) is 5.75 Å². The Bertz CT molecular complexity index is 563. The smallest absolute Gasteiger partial charge is 0.342 e. The summed E-state index contributed by atoms with van der Waals surface area (Å²) >= 11 is 0. The molecule has 23 heavy (non-hydrogen) atoms. The van der Waals surface area contributed by atoms with E-state index in [4.69, 9.17) is 9.47 Å². The van der Waals surface area contributed by atoms with Gasteiger partial charge >= 0.3 is 11.9 Å². The largest absolute Gasteiger partial charge is 0.493 e. The number of rotatable bonds is 9. The third kappa shape index (κ3) is 4.71. The van der Waals surface area contributed by atoms with E-state index in [1.807, 2.05) is 6.92 Å². The molecule has 0 radical (unpaired) electrons. The molecule has 0 aliphatic carbocycles. The predicted octanol–water partition coefficient (Wildman–Crippen LogP) is 4.00. The maximum Gasteiger partial charge on any atom is 0.342 e. The van der Waals surface area contributed by atoms with Gasteiger partial charge in [-0.1, -0.05) is 26.7 Å². The molecule has 0 aromatic heterocycles. The summed E-state index contributed by atoms with van der Waals surface area (Å²) in [5, 5.41) is 9.55. The molecule has 1 N–H and O–H groups in total. The second-order valence-corrected chi connectivity index (χ2v) is 5.34. The lowest BCUT2D eigenvalue weighted by Crippen LogP contribution is -2.17. The lowest BCUT2D eigenvalue weighted by atomic mass is 9.94. The molecule has 0 saturated carbocycles. The van der Waals surface area contributed by atoms with Crippen LogP contribution in [0, 0.1) is 6.92 Å². The molecule has 0 spiro atoms. The quantitative estimate of drug-likeness (QED) is 0.549. The molecule has 128 valence electrons. The van der Waals surface area contributed by atoms with Crippen molar-refractivity contribution >= 4 is 11.9 Å². The van der Waals surface area contributed by atoms with Crippen molar-refractivity contribution in [3.05, 3.63) is 28.3 Å². The SMILES string of the molecule is CCCCCOc1cc(CC)c(C)c(C(=O)O)c1C(=O)OCC. The number of carbonyl (C=O) groups excluding carboxylic acids is 1. The summed E-state index contributed by atoms with van der Waals surface area (Å²) < 4.78 is 10.8. The fourth-order valence-corrected chi connectivity index (χ4v) is 2.50. The van der Waals surface area contributed by atoms with E-state index in [0.717, 1.165) is 24.8 Å². The Morgan fingerprint density at radius 3 is 2.35 bits per heavy atom. The zero-order chi connectivity index (χ0) is 17.4. The Morgan fingerprint density at radius 2 is 1.83 bits per heavy atom. The minimum atomic E-state index is -1.14.